The first kappa shape index (κ1) is 17.2. The van der Waals surface area contributed by atoms with Crippen LogP contribution in [0, 0.1) is 0 Å². The highest BCUT2D eigenvalue weighted by atomic mass is 16.5. The summed E-state index contributed by atoms with van der Waals surface area (Å²) >= 11 is 0. The number of rotatable bonds is 8. The minimum atomic E-state index is 0.276. The lowest BCUT2D eigenvalue weighted by Gasteiger charge is -2.12. The van der Waals surface area contributed by atoms with Crippen LogP contribution >= 0.6 is 0 Å². The Morgan fingerprint density at radius 1 is 1.30 bits per heavy atom. The molecule has 2 heterocycles. The number of hydrogen-bond acceptors (Lipinski definition) is 4. The third kappa shape index (κ3) is 5.52. The Bertz CT molecular complexity index is 622. The fraction of sp³-hybridized carbons (Fsp3) is 0.562. The van der Waals surface area contributed by atoms with Crippen molar-refractivity contribution in [1.29, 1.82) is 0 Å². The lowest BCUT2D eigenvalue weighted by molar-refractivity contribution is 0.0776. The molecule has 0 aliphatic carbocycles. The first-order valence-electron chi connectivity index (χ1n) is 8.13. The molecule has 2 aromatic rings. The van der Waals surface area contributed by atoms with Crippen LogP contribution < -0.4 is 10.6 Å². The Kier molecular flexibility index (Phi) is 6.80. The van der Waals surface area contributed by atoms with E-state index in [0.29, 0.717) is 6.54 Å². The molecule has 0 radical (unpaired) electrons. The summed E-state index contributed by atoms with van der Waals surface area (Å²) in [5.41, 5.74) is 0.835. The monoisotopic (exact) mass is 318 g/mol. The van der Waals surface area contributed by atoms with Crippen LogP contribution in [0.5, 0.6) is 0 Å². The van der Waals surface area contributed by atoms with Crippen molar-refractivity contribution in [2.45, 2.75) is 39.8 Å². The Morgan fingerprint density at radius 3 is 2.96 bits per heavy atom. The van der Waals surface area contributed by atoms with Crippen molar-refractivity contribution in [2.75, 3.05) is 19.7 Å². The molecule has 2 rings (SSSR count). The number of aromatic nitrogens is 3. The lowest BCUT2D eigenvalue weighted by Crippen LogP contribution is -2.38. The maximum absolute atomic E-state index is 5.53. The van der Waals surface area contributed by atoms with Crippen LogP contribution in [0.15, 0.2) is 29.4 Å². The molecular formula is C16H26N6O. The fourth-order valence-electron chi connectivity index (χ4n) is 2.09. The Balaban J connectivity index is 1.88. The van der Waals surface area contributed by atoms with E-state index in [4.69, 9.17) is 4.74 Å². The Labute approximate surface area is 137 Å². The summed E-state index contributed by atoms with van der Waals surface area (Å²) < 4.78 is 7.48. The van der Waals surface area contributed by atoms with Crippen molar-refractivity contribution in [2.24, 2.45) is 4.99 Å². The number of ether oxygens (including phenoxy) is 1. The number of aliphatic imine (C=N–C) groups is 1. The molecular weight excluding hydrogens is 292 g/mol. The molecule has 23 heavy (non-hydrogen) atoms. The molecule has 126 valence electrons. The highest BCUT2D eigenvalue weighted by Gasteiger charge is 2.04. The Hall–Kier alpha value is -2.15. The first-order chi connectivity index (χ1) is 11.2. The van der Waals surface area contributed by atoms with Crippen molar-refractivity contribution in [3.8, 4) is 0 Å². The number of fused-ring (bicyclic) bond motifs is 1. The fourth-order valence-corrected chi connectivity index (χ4v) is 2.09. The number of nitrogens with zero attached hydrogens (tertiary/aromatic N) is 4. The maximum atomic E-state index is 5.53. The number of guanidine groups is 1. The molecule has 2 aromatic heterocycles. The van der Waals surface area contributed by atoms with Gasteiger partial charge in [-0.1, -0.05) is 6.07 Å². The summed E-state index contributed by atoms with van der Waals surface area (Å²) in [5, 5.41) is 14.9. The molecule has 0 unspecified atom stereocenters. The highest BCUT2D eigenvalue weighted by molar-refractivity contribution is 5.79. The van der Waals surface area contributed by atoms with Gasteiger partial charge in [-0.3, -0.25) is 4.40 Å². The van der Waals surface area contributed by atoms with Crippen molar-refractivity contribution < 1.29 is 4.74 Å². The molecule has 0 atom stereocenters. The minimum absolute atomic E-state index is 0.276. The molecule has 0 aromatic carbocycles. The zero-order valence-corrected chi connectivity index (χ0v) is 14.1. The second-order valence-electron chi connectivity index (χ2n) is 5.44. The summed E-state index contributed by atoms with van der Waals surface area (Å²) in [6.45, 7) is 8.99. The van der Waals surface area contributed by atoms with E-state index in [1.54, 1.807) is 0 Å². The minimum Gasteiger partial charge on any atom is -0.379 e. The highest BCUT2D eigenvalue weighted by Crippen LogP contribution is 2.03. The third-order valence-electron chi connectivity index (χ3n) is 3.17. The molecule has 0 saturated heterocycles. The summed E-state index contributed by atoms with van der Waals surface area (Å²) in [4.78, 5) is 4.57. The van der Waals surface area contributed by atoms with Crippen LogP contribution in [0.2, 0.25) is 0 Å². The summed E-state index contributed by atoms with van der Waals surface area (Å²) in [5.74, 6) is 1.60. The first-order valence-corrected chi connectivity index (χ1v) is 8.13. The van der Waals surface area contributed by atoms with Gasteiger partial charge in [0.05, 0.1) is 6.10 Å². The summed E-state index contributed by atoms with van der Waals surface area (Å²) in [6, 6.07) is 5.84. The quantitative estimate of drug-likeness (QED) is 0.439. The zero-order valence-electron chi connectivity index (χ0n) is 14.1. The van der Waals surface area contributed by atoms with E-state index in [1.165, 1.54) is 0 Å². The zero-order chi connectivity index (χ0) is 16.5. The third-order valence-corrected chi connectivity index (χ3v) is 3.17. The average Bonchev–Trinajstić information content (AvgIpc) is 2.95. The van der Waals surface area contributed by atoms with Crippen molar-refractivity contribution in [3.05, 3.63) is 30.2 Å². The second-order valence-corrected chi connectivity index (χ2v) is 5.44. The summed E-state index contributed by atoms with van der Waals surface area (Å²) in [7, 11) is 0. The molecule has 0 fully saturated rings. The van der Waals surface area contributed by atoms with E-state index in [1.807, 2.05) is 49.6 Å². The topological polar surface area (TPSA) is 75.8 Å². The molecule has 7 nitrogen and oxygen atoms in total. The molecule has 0 aliphatic rings. The molecule has 0 bridgehead atoms. The second kappa shape index (κ2) is 9.09. The van der Waals surface area contributed by atoms with Crippen molar-refractivity contribution >= 4 is 11.6 Å². The normalized spacial score (nSPS) is 12.1. The van der Waals surface area contributed by atoms with E-state index in [9.17, 15) is 0 Å². The van der Waals surface area contributed by atoms with E-state index in [0.717, 1.165) is 43.5 Å². The van der Waals surface area contributed by atoms with Crippen LogP contribution in [-0.2, 0) is 11.3 Å². The van der Waals surface area contributed by atoms with Gasteiger partial charge >= 0.3 is 0 Å². The van der Waals surface area contributed by atoms with Gasteiger partial charge in [-0.05, 0) is 39.3 Å². The van der Waals surface area contributed by atoms with Crippen LogP contribution in [0.1, 0.15) is 33.0 Å². The van der Waals surface area contributed by atoms with Crippen LogP contribution in [0.4, 0.5) is 0 Å². The van der Waals surface area contributed by atoms with Gasteiger partial charge in [0.25, 0.3) is 0 Å². The molecule has 0 aliphatic heterocycles. The van der Waals surface area contributed by atoms with E-state index >= 15 is 0 Å². The maximum Gasteiger partial charge on any atom is 0.191 e. The number of nitrogens with one attached hydrogen (secondary N) is 2. The van der Waals surface area contributed by atoms with E-state index < -0.39 is 0 Å². The number of hydrogen-bond donors (Lipinski definition) is 2. The van der Waals surface area contributed by atoms with Gasteiger partial charge in [0, 0.05) is 25.9 Å². The van der Waals surface area contributed by atoms with E-state index in [2.05, 4.69) is 25.8 Å². The molecule has 0 saturated carbocycles. The Morgan fingerprint density at radius 2 is 2.17 bits per heavy atom. The smallest absolute Gasteiger partial charge is 0.191 e. The van der Waals surface area contributed by atoms with Gasteiger partial charge in [-0.2, -0.15) is 0 Å². The predicted octanol–water partition coefficient (Wildman–Crippen LogP) is 1.60. The van der Waals surface area contributed by atoms with Crippen molar-refractivity contribution in [1.82, 2.24) is 25.2 Å². The van der Waals surface area contributed by atoms with Gasteiger partial charge in [-0.15, -0.1) is 10.2 Å². The molecule has 0 amide bonds. The van der Waals surface area contributed by atoms with Crippen LogP contribution in [-0.4, -0.2) is 46.4 Å². The van der Waals surface area contributed by atoms with Crippen LogP contribution in [0.3, 0.4) is 0 Å². The number of pyridine rings is 1. The SMILES string of the molecule is CCNC(=NCc1nnc2ccccn12)NCCCOC(C)C. The predicted molar refractivity (Wildman–Crippen MR) is 91.5 cm³/mol. The summed E-state index contributed by atoms with van der Waals surface area (Å²) in [6.07, 6.45) is 3.17. The van der Waals surface area contributed by atoms with E-state index in [-0.39, 0.29) is 6.10 Å². The van der Waals surface area contributed by atoms with Crippen LogP contribution in [0.25, 0.3) is 5.65 Å². The van der Waals surface area contributed by atoms with Gasteiger partial charge in [0.2, 0.25) is 0 Å². The molecule has 0 spiro atoms. The van der Waals surface area contributed by atoms with Crippen molar-refractivity contribution in [3.63, 3.8) is 0 Å². The largest absolute Gasteiger partial charge is 0.379 e. The van der Waals surface area contributed by atoms with Gasteiger partial charge < -0.3 is 15.4 Å². The van der Waals surface area contributed by atoms with Gasteiger partial charge in [0.1, 0.15) is 6.54 Å². The standard InChI is InChI=1S/C16H26N6O/c1-4-17-16(18-9-7-11-23-13(2)3)19-12-15-21-20-14-8-5-6-10-22(14)15/h5-6,8,10,13H,4,7,9,11-12H2,1-3H3,(H2,17,18,19). The lowest BCUT2D eigenvalue weighted by atomic mass is 10.4. The average molecular weight is 318 g/mol. The van der Waals surface area contributed by atoms with Gasteiger partial charge in [0.15, 0.2) is 17.4 Å². The molecule has 7 heteroatoms. The molecule has 2 N–H and O–H groups in total. The van der Waals surface area contributed by atoms with Gasteiger partial charge in [-0.25, -0.2) is 4.99 Å².